The van der Waals surface area contributed by atoms with E-state index in [2.05, 4.69) is 32.6 Å². The summed E-state index contributed by atoms with van der Waals surface area (Å²) in [5, 5.41) is 16.8. The van der Waals surface area contributed by atoms with E-state index in [0.29, 0.717) is 17.3 Å². The molecule has 8 heteroatoms. The normalized spacial score (nSPS) is 10.1. The molecule has 0 aliphatic heterocycles. The number of tetrazole rings is 1. The van der Waals surface area contributed by atoms with Gasteiger partial charge in [0.1, 0.15) is 12.3 Å². The molecule has 0 unspecified atom stereocenters. The van der Waals surface area contributed by atoms with Crippen LogP contribution < -0.4 is 10.1 Å². The second-order valence-electron chi connectivity index (χ2n) is 6.19. The number of hydrogen-bond donors (Lipinski definition) is 1. The molecule has 7 nitrogen and oxygen atoms in total. The average molecular weight is 415 g/mol. The standard InChI is InChI=1S/C22H17N5O2S/c28-22(15-27-25-21(24-26-27)16-29-19-8-2-1-3-9-19)23-18-7-4-6-17(14-18)11-12-20-10-5-13-30-20/h1-10,13-14H,15-16H2,(H,23,28). The Morgan fingerprint density at radius 1 is 1.07 bits per heavy atom. The molecule has 0 fully saturated rings. The van der Waals surface area contributed by atoms with Crippen molar-refractivity contribution < 1.29 is 9.53 Å². The third kappa shape index (κ3) is 5.53. The van der Waals surface area contributed by atoms with Gasteiger partial charge in [-0.2, -0.15) is 4.80 Å². The average Bonchev–Trinajstić information content (AvgIpc) is 3.44. The summed E-state index contributed by atoms with van der Waals surface area (Å²) in [4.78, 5) is 14.6. The minimum Gasteiger partial charge on any atom is -0.485 e. The smallest absolute Gasteiger partial charge is 0.248 e. The van der Waals surface area contributed by atoms with Gasteiger partial charge in [-0.25, -0.2) is 0 Å². The number of nitrogens with zero attached hydrogens (tertiary/aromatic N) is 4. The summed E-state index contributed by atoms with van der Waals surface area (Å²) in [5.41, 5.74) is 1.48. The van der Waals surface area contributed by atoms with Crippen LogP contribution in [0.4, 0.5) is 5.69 Å². The van der Waals surface area contributed by atoms with Crippen molar-refractivity contribution in [3.05, 3.63) is 88.4 Å². The Kier molecular flexibility index (Phi) is 6.13. The predicted molar refractivity (Wildman–Crippen MR) is 114 cm³/mol. The van der Waals surface area contributed by atoms with Crippen LogP contribution in [0.1, 0.15) is 16.3 Å². The molecule has 4 rings (SSSR count). The first-order chi connectivity index (χ1) is 14.7. The number of benzene rings is 2. The Bertz CT molecular complexity index is 1180. The SMILES string of the molecule is O=C(Cn1nnc(COc2ccccc2)n1)Nc1cccc(C#Cc2cccs2)c1. The summed E-state index contributed by atoms with van der Waals surface area (Å²) in [6.07, 6.45) is 0. The molecular weight excluding hydrogens is 398 g/mol. The number of thiophene rings is 1. The predicted octanol–water partition coefficient (Wildman–Crippen LogP) is 3.35. The van der Waals surface area contributed by atoms with Crippen LogP contribution in [-0.4, -0.2) is 26.1 Å². The van der Waals surface area contributed by atoms with Crippen LogP contribution in [-0.2, 0) is 17.9 Å². The third-order valence-electron chi connectivity index (χ3n) is 3.89. The molecule has 0 radical (unpaired) electrons. The number of rotatable bonds is 6. The highest BCUT2D eigenvalue weighted by atomic mass is 32.1. The highest BCUT2D eigenvalue weighted by Crippen LogP contribution is 2.12. The van der Waals surface area contributed by atoms with Crippen LogP contribution in [0.15, 0.2) is 72.1 Å². The Hall–Kier alpha value is -3.96. The molecule has 0 aliphatic rings. The number of nitrogens with one attached hydrogen (secondary N) is 1. The molecule has 0 aliphatic carbocycles. The van der Waals surface area contributed by atoms with Crippen molar-refractivity contribution in [1.29, 1.82) is 0 Å². The maximum Gasteiger partial charge on any atom is 0.248 e. The first-order valence-corrected chi connectivity index (χ1v) is 10.0. The molecule has 0 bridgehead atoms. The first kappa shape index (κ1) is 19.4. The number of hydrogen-bond acceptors (Lipinski definition) is 6. The van der Waals surface area contributed by atoms with E-state index in [-0.39, 0.29) is 19.1 Å². The van der Waals surface area contributed by atoms with E-state index in [0.717, 1.165) is 10.4 Å². The van der Waals surface area contributed by atoms with Gasteiger partial charge in [0.2, 0.25) is 11.7 Å². The lowest BCUT2D eigenvalue weighted by Gasteiger charge is -2.05. The molecule has 2 aromatic carbocycles. The quantitative estimate of drug-likeness (QED) is 0.489. The Morgan fingerprint density at radius 2 is 1.97 bits per heavy atom. The molecule has 0 spiro atoms. The Balaban J connectivity index is 1.31. The van der Waals surface area contributed by atoms with Gasteiger partial charge in [-0.1, -0.05) is 42.2 Å². The molecule has 30 heavy (non-hydrogen) atoms. The molecule has 2 heterocycles. The molecular formula is C22H17N5O2S. The van der Waals surface area contributed by atoms with E-state index in [9.17, 15) is 4.79 Å². The molecule has 0 saturated carbocycles. The number of ether oxygens (including phenoxy) is 1. The second-order valence-corrected chi connectivity index (χ2v) is 7.14. The number of para-hydroxylation sites is 1. The Morgan fingerprint density at radius 3 is 2.80 bits per heavy atom. The number of aromatic nitrogens is 4. The minimum absolute atomic E-state index is 0.0521. The Labute approximate surface area is 177 Å². The van der Waals surface area contributed by atoms with Gasteiger partial charge in [-0.3, -0.25) is 4.79 Å². The largest absolute Gasteiger partial charge is 0.485 e. The first-order valence-electron chi connectivity index (χ1n) is 9.14. The third-order valence-corrected chi connectivity index (χ3v) is 4.67. The summed E-state index contributed by atoms with van der Waals surface area (Å²) in [6.45, 7) is 0.125. The van der Waals surface area contributed by atoms with Gasteiger partial charge in [0, 0.05) is 11.3 Å². The van der Waals surface area contributed by atoms with E-state index in [1.165, 1.54) is 4.80 Å². The molecule has 0 saturated heterocycles. The van der Waals surface area contributed by atoms with Gasteiger partial charge in [-0.05, 0) is 47.0 Å². The van der Waals surface area contributed by atoms with Crippen molar-refractivity contribution in [2.75, 3.05) is 5.32 Å². The zero-order valence-corrected chi connectivity index (χ0v) is 16.7. The fourth-order valence-electron chi connectivity index (χ4n) is 2.55. The molecule has 148 valence electrons. The van der Waals surface area contributed by atoms with Crippen molar-refractivity contribution >= 4 is 22.9 Å². The highest BCUT2D eigenvalue weighted by Gasteiger charge is 2.09. The lowest BCUT2D eigenvalue weighted by molar-refractivity contribution is -0.117. The fourth-order valence-corrected chi connectivity index (χ4v) is 3.12. The zero-order valence-electron chi connectivity index (χ0n) is 15.9. The number of anilines is 1. The van der Waals surface area contributed by atoms with E-state index in [1.807, 2.05) is 72.1 Å². The van der Waals surface area contributed by atoms with Gasteiger partial charge < -0.3 is 10.1 Å². The van der Waals surface area contributed by atoms with Crippen molar-refractivity contribution in [2.45, 2.75) is 13.2 Å². The van der Waals surface area contributed by atoms with Crippen LogP contribution in [0.25, 0.3) is 0 Å². The van der Waals surface area contributed by atoms with Crippen LogP contribution in [0.3, 0.4) is 0 Å². The summed E-state index contributed by atoms with van der Waals surface area (Å²) in [6, 6.07) is 20.7. The number of amides is 1. The van der Waals surface area contributed by atoms with Gasteiger partial charge in [0.25, 0.3) is 0 Å². The lowest BCUT2D eigenvalue weighted by Crippen LogP contribution is -2.20. The molecule has 0 atom stereocenters. The van der Waals surface area contributed by atoms with Crippen LogP contribution in [0, 0.1) is 11.8 Å². The van der Waals surface area contributed by atoms with Gasteiger partial charge >= 0.3 is 0 Å². The zero-order chi connectivity index (χ0) is 20.6. The minimum atomic E-state index is -0.258. The second kappa shape index (κ2) is 9.49. The summed E-state index contributed by atoms with van der Waals surface area (Å²) < 4.78 is 5.58. The number of carbonyl (C=O) groups excluding carboxylic acids is 1. The van der Waals surface area contributed by atoms with Gasteiger partial charge in [0.15, 0.2) is 6.61 Å². The lowest BCUT2D eigenvalue weighted by atomic mass is 10.2. The fraction of sp³-hybridized carbons (Fsp3) is 0.0909. The van der Waals surface area contributed by atoms with Crippen LogP contribution in [0.2, 0.25) is 0 Å². The van der Waals surface area contributed by atoms with E-state index >= 15 is 0 Å². The van der Waals surface area contributed by atoms with Crippen molar-refractivity contribution in [1.82, 2.24) is 20.2 Å². The summed E-state index contributed by atoms with van der Waals surface area (Å²) >= 11 is 1.59. The van der Waals surface area contributed by atoms with Crippen LogP contribution in [0.5, 0.6) is 5.75 Å². The van der Waals surface area contributed by atoms with E-state index in [4.69, 9.17) is 4.74 Å². The maximum absolute atomic E-state index is 12.3. The highest BCUT2D eigenvalue weighted by molar-refractivity contribution is 7.10. The van der Waals surface area contributed by atoms with Crippen LogP contribution >= 0.6 is 11.3 Å². The monoisotopic (exact) mass is 415 g/mol. The van der Waals surface area contributed by atoms with Crippen molar-refractivity contribution in [3.8, 4) is 17.6 Å². The number of carbonyl (C=O) groups is 1. The van der Waals surface area contributed by atoms with E-state index in [1.54, 1.807) is 11.3 Å². The van der Waals surface area contributed by atoms with E-state index < -0.39 is 0 Å². The summed E-state index contributed by atoms with van der Waals surface area (Å²) in [7, 11) is 0. The maximum atomic E-state index is 12.3. The molecule has 1 amide bonds. The van der Waals surface area contributed by atoms with Crippen molar-refractivity contribution in [3.63, 3.8) is 0 Å². The summed E-state index contributed by atoms with van der Waals surface area (Å²) in [5.74, 6) is 7.05. The van der Waals surface area contributed by atoms with Gasteiger partial charge in [-0.15, -0.1) is 21.5 Å². The molecule has 4 aromatic rings. The van der Waals surface area contributed by atoms with Gasteiger partial charge in [0.05, 0.1) is 4.88 Å². The molecule has 1 N–H and O–H groups in total. The van der Waals surface area contributed by atoms with Crippen molar-refractivity contribution in [2.24, 2.45) is 0 Å². The molecule has 2 aromatic heterocycles. The topological polar surface area (TPSA) is 81.9 Å².